The molecule has 43 heavy (non-hydrogen) atoms. The summed E-state index contributed by atoms with van der Waals surface area (Å²) in [7, 11) is -1.68. The van der Waals surface area contributed by atoms with Crippen LogP contribution >= 0.6 is 0 Å². The third kappa shape index (κ3) is 7.42. The molecule has 1 fully saturated rings. The number of amides is 2. The number of methoxy groups -OCH3 is 2. The first-order valence-electron chi connectivity index (χ1n) is 13.9. The average Bonchev–Trinajstić information content (AvgIpc) is 3.52. The van der Waals surface area contributed by atoms with Crippen molar-refractivity contribution in [2.24, 2.45) is 0 Å². The number of benzene rings is 3. The van der Waals surface area contributed by atoms with E-state index >= 15 is 0 Å². The fourth-order valence-electron chi connectivity index (χ4n) is 5.03. The van der Waals surface area contributed by atoms with Crippen LogP contribution in [0.3, 0.4) is 0 Å². The van der Waals surface area contributed by atoms with E-state index in [0.717, 1.165) is 47.0 Å². The second-order valence-corrected chi connectivity index (χ2v) is 12.1. The van der Waals surface area contributed by atoms with Gasteiger partial charge in [-0.15, -0.1) is 0 Å². The molecule has 4 rings (SSSR count). The lowest BCUT2D eigenvalue weighted by Gasteiger charge is -2.32. The molecular weight excluding hydrogens is 580 g/mol. The second kappa shape index (κ2) is 13.9. The van der Waals surface area contributed by atoms with Crippen LogP contribution in [-0.4, -0.2) is 58.0 Å². The van der Waals surface area contributed by atoms with Crippen LogP contribution in [0.4, 0.5) is 14.5 Å². The highest BCUT2D eigenvalue weighted by Crippen LogP contribution is 2.32. The molecule has 0 radical (unpaired) electrons. The number of nitrogens with zero attached hydrogens (tertiary/aromatic N) is 2. The predicted molar refractivity (Wildman–Crippen MR) is 157 cm³/mol. The average molecular weight is 616 g/mol. The molecule has 1 N–H and O–H groups in total. The molecule has 1 saturated carbocycles. The number of rotatable bonds is 12. The van der Waals surface area contributed by atoms with E-state index in [-0.39, 0.29) is 34.5 Å². The van der Waals surface area contributed by atoms with Gasteiger partial charge in [0.2, 0.25) is 11.8 Å². The second-order valence-electron chi connectivity index (χ2n) is 10.3. The van der Waals surface area contributed by atoms with Crippen LogP contribution in [0.5, 0.6) is 11.5 Å². The van der Waals surface area contributed by atoms with Crippen LogP contribution in [0.1, 0.15) is 38.2 Å². The van der Waals surface area contributed by atoms with Crippen molar-refractivity contribution in [1.82, 2.24) is 10.2 Å². The fraction of sp³-hybridized carbons (Fsp3) is 0.355. The van der Waals surface area contributed by atoms with E-state index in [1.807, 2.05) is 0 Å². The first-order valence-corrected chi connectivity index (χ1v) is 15.3. The molecule has 0 bridgehead atoms. The largest absolute Gasteiger partial charge is 0.493 e. The molecule has 0 unspecified atom stereocenters. The summed E-state index contributed by atoms with van der Waals surface area (Å²) in [4.78, 5) is 28.2. The zero-order valence-electron chi connectivity index (χ0n) is 24.3. The van der Waals surface area contributed by atoms with Gasteiger partial charge in [-0.2, -0.15) is 0 Å². The topological polar surface area (TPSA) is 105 Å². The summed E-state index contributed by atoms with van der Waals surface area (Å²) in [5, 5.41) is 2.96. The maximum Gasteiger partial charge on any atom is 0.264 e. The van der Waals surface area contributed by atoms with Crippen molar-refractivity contribution in [2.45, 2.75) is 56.1 Å². The maximum absolute atomic E-state index is 14.7. The third-order valence-electron chi connectivity index (χ3n) is 7.50. The number of halogens is 2. The van der Waals surface area contributed by atoms with Gasteiger partial charge >= 0.3 is 0 Å². The number of hydrogen-bond acceptors (Lipinski definition) is 6. The summed E-state index contributed by atoms with van der Waals surface area (Å²) < 4.78 is 67.9. The molecule has 230 valence electrons. The predicted octanol–water partition coefficient (Wildman–Crippen LogP) is 4.65. The Hall–Kier alpha value is -4.19. The highest BCUT2D eigenvalue weighted by Gasteiger charge is 2.34. The van der Waals surface area contributed by atoms with E-state index in [1.165, 1.54) is 69.7 Å². The molecular formula is C31H35F2N3O6S. The van der Waals surface area contributed by atoms with Crippen LogP contribution in [0.2, 0.25) is 0 Å². The van der Waals surface area contributed by atoms with Crippen molar-refractivity contribution >= 4 is 27.5 Å². The Morgan fingerprint density at radius 2 is 1.60 bits per heavy atom. The van der Waals surface area contributed by atoms with Crippen molar-refractivity contribution in [2.75, 3.05) is 25.1 Å². The van der Waals surface area contributed by atoms with Crippen LogP contribution in [0.25, 0.3) is 0 Å². The Balaban J connectivity index is 1.72. The number of sulfonamides is 1. The quantitative estimate of drug-likeness (QED) is 0.318. The minimum atomic E-state index is -4.45. The van der Waals surface area contributed by atoms with Gasteiger partial charge in [0.15, 0.2) is 11.5 Å². The van der Waals surface area contributed by atoms with Crippen LogP contribution in [0.15, 0.2) is 71.6 Å². The summed E-state index contributed by atoms with van der Waals surface area (Å²) in [5.41, 5.74) is 0.172. The Morgan fingerprint density at radius 3 is 2.23 bits per heavy atom. The van der Waals surface area contributed by atoms with Crippen LogP contribution in [-0.2, 0) is 26.2 Å². The van der Waals surface area contributed by atoms with Gasteiger partial charge < -0.3 is 19.7 Å². The van der Waals surface area contributed by atoms with Gasteiger partial charge in [-0.05, 0) is 62.2 Å². The normalized spacial score (nSPS) is 14.2. The zero-order chi connectivity index (χ0) is 31.1. The van der Waals surface area contributed by atoms with Gasteiger partial charge in [0.05, 0.1) is 24.8 Å². The van der Waals surface area contributed by atoms with Gasteiger partial charge in [-0.1, -0.05) is 31.0 Å². The van der Waals surface area contributed by atoms with E-state index in [9.17, 15) is 26.8 Å². The minimum Gasteiger partial charge on any atom is -0.493 e. The summed E-state index contributed by atoms with van der Waals surface area (Å²) >= 11 is 0. The highest BCUT2D eigenvalue weighted by atomic mass is 32.2. The van der Waals surface area contributed by atoms with Crippen molar-refractivity contribution in [3.8, 4) is 11.5 Å². The lowest BCUT2D eigenvalue weighted by Crippen LogP contribution is -2.52. The van der Waals surface area contributed by atoms with E-state index < -0.39 is 46.1 Å². The molecule has 2 amide bonds. The fourth-order valence-corrected chi connectivity index (χ4v) is 6.46. The smallest absolute Gasteiger partial charge is 0.264 e. The number of ether oxygens (including phenoxy) is 2. The van der Waals surface area contributed by atoms with E-state index in [0.29, 0.717) is 5.75 Å². The number of carbonyl (C=O) groups is 2. The van der Waals surface area contributed by atoms with E-state index in [2.05, 4.69) is 5.32 Å². The lowest BCUT2D eigenvalue weighted by atomic mass is 10.1. The molecule has 9 nitrogen and oxygen atoms in total. The van der Waals surface area contributed by atoms with Gasteiger partial charge in [0.25, 0.3) is 10.0 Å². The van der Waals surface area contributed by atoms with Gasteiger partial charge in [-0.3, -0.25) is 13.9 Å². The van der Waals surface area contributed by atoms with Crippen molar-refractivity contribution in [3.05, 3.63) is 83.9 Å². The summed E-state index contributed by atoms with van der Waals surface area (Å²) in [5.74, 6) is -1.91. The van der Waals surface area contributed by atoms with Crippen molar-refractivity contribution < 1.29 is 36.3 Å². The maximum atomic E-state index is 14.7. The molecule has 0 spiro atoms. The Kier molecular flexibility index (Phi) is 10.2. The molecule has 1 aliphatic rings. The number of carbonyl (C=O) groups excluding carboxylic acids is 2. The monoisotopic (exact) mass is 615 g/mol. The number of hydrogen-bond donors (Lipinski definition) is 1. The molecule has 0 heterocycles. The van der Waals surface area contributed by atoms with E-state index in [1.54, 1.807) is 6.07 Å². The molecule has 1 atom stereocenters. The van der Waals surface area contributed by atoms with Gasteiger partial charge in [0.1, 0.15) is 24.2 Å². The number of nitrogens with one attached hydrogen (secondary N) is 1. The minimum absolute atomic E-state index is 0.0124. The third-order valence-corrected chi connectivity index (χ3v) is 9.27. The molecule has 0 saturated heterocycles. The van der Waals surface area contributed by atoms with E-state index in [4.69, 9.17) is 9.47 Å². The van der Waals surface area contributed by atoms with Gasteiger partial charge in [0, 0.05) is 24.2 Å². The van der Waals surface area contributed by atoms with Gasteiger partial charge in [-0.25, -0.2) is 17.2 Å². The first kappa shape index (κ1) is 31.7. The Morgan fingerprint density at radius 1 is 0.953 bits per heavy atom. The highest BCUT2D eigenvalue weighted by molar-refractivity contribution is 7.92. The zero-order valence-corrected chi connectivity index (χ0v) is 25.1. The molecule has 1 aliphatic carbocycles. The molecule has 12 heteroatoms. The molecule has 3 aromatic carbocycles. The molecule has 0 aliphatic heterocycles. The van der Waals surface area contributed by atoms with Crippen LogP contribution < -0.4 is 19.1 Å². The van der Waals surface area contributed by atoms with Crippen molar-refractivity contribution in [3.63, 3.8) is 0 Å². The SMILES string of the molecule is COc1ccc(S(=O)(=O)N(CC(=O)N(Cc2ccccc2F)[C@H](C)C(=O)NC2CCCC2)c2ccc(F)cc2)cc1OC. The molecule has 3 aromatic rings. The lowest BCUT2D eigenvalue weighted by molar-refractivity contribution is -0.139. The van der Waals surface area contributed by atoms with Crippen LogP contribution in [0, 0.1) is 11.6 Å². The summed E-state index contributed by atoms with van der Waals surface area (Å²) in [6.07, 6.45) is 3.61. The number of anilines is 1. The Labute approximate surface area is 250 Å². The Bertz CT molecular complexity index is 1550. The molecule has 0 aromatic heterocycles. The summed E-state index contributed by atoms with van der Waals surface area (Å²) in [6, 6.07) is 13.4. The summed E-state index contributed by atoms with van der Waals surface area (Å²) in [6.45, 7) is 0.490. The first-order chi connectivity index (χ1) is 20.5. The van der Waals surface area contributed by atoms with Crippen molar-refractivity contribution in [1.29, 1.82) is 0 Å². The standard InChI is InChI=1S/C31H35F2N3O6S/c1-21(31(38)34-24-9-5-6-10-24)35(19-22-8-4-7-11-27(22)33)30(37)20-36(25-14-12-23(32)13-15-25)43(39,40)26-16-17-28(41-2)29(18-26)42-3/h4,7-8,11-18,21,24H,5-6,9-10,19-20H2,1-3H3,(H,34,38)/t21-/m1/s1.